The molecule has 2 amide bonds. The van der Waals surface area contributed by atoms with Gasteiger partial charge in [-0.25, -0.2) is 13.6 Å². The second-order valence-corrected chi connectivity index (χ2v) is 8.13. The first-order chi connectivity index (χ1) is 13.7. The number of halogens is 2. The number of urea groups is 1. The monoisotopic (exact) mass is 401 g/mol. The molecule has 0 aliphatic carbocycles. The highest BCUT2D eigenvalue weighted by molar-refractivity contribution is 6.01. The number of hydrogen-bond donors (Lipinski definition) is 1. The molecule has 0 saturated carbocycles. The van der Waals surface area contributed by atoms with Gasteiger partial charge in [0.15, 0.2) is 6.10 Å². The first-order valence-electron chi connectivity index (χ1n) is 9.50. The van der Waals surface area contributed by atoms with Gasteiger partial charge in [-0.3, -0.25) is 0 Å². The summed E-state index contributed by atoms with van der Waals surface area (Å²) in [4.78, 5) is 19.8. The van der Waals surface area contributed by atoms with E-state index in [2.05, 4.69) is 10.5 Å². The number of nitrogens with one attached hydrogen (secondary N) is 1. The van der Waals surface area contributed by atoms with Gasteiger partial charge < -0.3 is 15.1 Å². The van der Waals surface area contributed by atoms with Crippen LogP contribution in [0.3, 0.4) is 0 Å². The van der Waals surface area contributed by atoms with Gasteiger partial charge >= 0.3 is 6.03 Å². The Labute approximate surface area is 169 Å². The molecule has 1 atom stereocenters. The number of nitrogens with zero attached hydrogens (tertiary/aromatic N) is 2. The van der Waals surface area contributed by atoms with Crippen molar-refractivity contribution in [3.05, 3.63) is 71.3 Å². The first kappa shape index (κ1) is 20.8. The van der Waals surface area contributed by atoms with E-state index in [0.717, 1.165) is 5.56 Å². The third kappa shape index (κ3) is 5.76. The second-order valence-electron chi connectivity index (χ2n) is 8.13. The van der Waals surface area contributed by atoms with Gasteiger partial charge in [0, 0.05) is 17.5 Å². The van der Waals surface area contributed by atoms with Crippen molar-refractivity contribution < 1.29 is 18.4 Å². The number of hydrogen-bond acceptors (Lipinski definition) is 3. The molecule has 2 aromatic carbocycles. The molecular weight excluding hydrogens is 376 g/mol. The van der Waals surface area contributed by atoms with E-state index in [1.807, 2.05) is 20.8 Å². The molecule has 0 unspecified atom stereocenters. The fraction of sp³-hybridized carbons (Fsp3) is 0.364. The van der Waals surface area contributed by atoms with E-state index in [-0.39, 0.29) is 36.9 Å². The Hall–Kier alpha value is -2.96. The Morgan fingerprint density at radius 3 is 2.52 bits per heavy atom. The van der Waals surface area contributed by atoms with Crippen molar-refractivity contribution in [2.24, 2.45) is 5.16 Å². The van der Waals surface area contributed by atoms with Gasteiger partial charge in [-0.2, -0.15) is 0 Å². The number of amides is 2. The topological polar surface area (TPSA) is 53.9 Å². The van der Waals surface area contributed by atoms with E-state index >= 15 is 0 Å². The number of carbonyl (C=O) groups excluding carboxylic acids is 1. The van der Waals surface area contributed by atoms with Gasteiger partial charge in [0.2, 0.25) is 0 Å². The fourth-order valence-electron chi connectivity index (χ4n) is 3.04. The van der Waals surface area contributed by atoms with Crippen LogP contribution in [0.1, 0.15) is 38.3 Å². The molecule has 0 bridgehead atoms. The smallest absolute Gasteiger partial charge is 0.318 e. The van der Waals surface area contributed by atoms with Crippen LogP contribution in [0.15, 0.2) is 53.7 Å². The lowest BCUT2D eigenvalue weighted by atomic mass is 10.0. The molecule has 7 heteroatoms. The van der Waals surface area contributed by atoms with E-state index in [1.165, 1.54) is 23.1 Å². The van der Waals surface area contributed by atoms with Gasteiger partial charge in [-0.05, 0) is 44.5 Å². The van der Waals surface area contributed by atoms with Crippen molar-refractivity contribution in [1.82, 2.24) is 10.2 Å². The highest BCUT2D eigenvalue weighted by Crippen LogP contribution is 2.20. The Bertz CT molecular complexity index is 892. The molecule has 0 aromatic heterocycles. The predicted octanol–water partition coefficient (Wildman–Crippen LogP) is 4.47. The summed E-state index contributed by atoms with van der Waals surface area (Å²) >= 11 is 0. The molecule has 5 nitrogen and oxygen atoms in total. The molecule has 0 spiro atoms. The quantitative estimate of drug-likeness (QED) is 0.804. The highest BCUT2D eigenvalue weighted by Gasteiger charge is 2.28. The van der Waals surface area contributed by atoms with E-state index in [1.54, 1.807) is 30.3 Å². The molecule has 154 valence electrons. The minimum Gasteiger partial charge on any atom is -0.390 e. The summed E-state index contributed by atoms with van der Waals surface area (Å²) in [6, 6.07) is 12.1. The second kappa shape index (κ2) is 8.59. The van der Waals surface area contributed by atoms with Gasteiger partial charge in [-0.1, -0.05) is 35.5 Å². The summed E-state index contributed by atoms with van der Waals surface area (Å²) in [6.45, 7) is 6.00. The minimum atomic E-state index is -0.434. The molecule has 2 aromatic rings. The lowest BCUT2D eigenvalue weighted by Gasteiger charge is -2.29. The lowest BCUT2D eigenvalue weighted by molar-refractivity contribution is 0.0578. The van der Waals surface area contributed by atoms with Crippen LogP contribution in [0.2, 0.25) is 0 Å². The molecule has 3 rings (SSSR count). The molecule has 1 heterocycles. The van der Waals surface area contributed by atoms with E-state index < -0.39 is 5.54 Å². The largest absolute Gasteiger partial charge is 0.390 e. The summed E-state index contributed by atoms with van der Waals surface area (Å²) in [5.74, 6) is -0.684. The molecule has 0 radical (unpaired) electrons. The maximum absolute atomic E-state index is 14.1. The molecule has 1 aliphatic heterocycles. The van der Waals surface area contributed by atoms with Crippen LogP contribution in [-0.4, -0.2) is 34.8 Å². The average Bonchev–Trinajstić information content (AvgIpc) is 3.10. The highest BCUT2D eigenvalue weighted by atomic mass is 19.1. The Kier molecular flexibility index (Phi) is 6.15. The van der Waals surface area contributed by atoms with Crippen LogP contribution in [0.4, 0.5) is 13.6 Å². The third-order valence-electron chi connectivity index (χ3n) is 4.42. The number of oxime groups is 1. The van der Waals surface area contributed by atoms with Gasteiger partial charge in [0.25, 0.3) is 0 Å². The molecule has 29 heavy (non-hydrogen) atoms. The zero-order valence-corrected chi connectivity index (χ0v) is 16.8. The summed E-state index contributed by atoms with van der Waals surface area (Å²) < 4.78 is 27.3. The van der Waals surface area contributed by atoms with Gasteiger partial charge in [-0.15, -0.1) is 0 Å². The molecule has 0 fully saturated rings. The van der Waals surface area contributed by atoms with Crippen LogP contribution < -0.4 is 5.32 Å². The molecule has 1 aliphatic rings. The minimum absolute atomic E-state index is 0.111. The lowest BCUT2D eigenvalue weighted by Crippen LogP contribution is -2.50. The van der Waals surface area contributed by atoms with Crippen molar-refractivity contribution in [3.8, 4) is 0 Å². The van der Waals surface area contributed by atoms with Crippen molar-refractivity contribution in [1.29, 1.82) is 0 Å². The van der Waals surface area contributed by atoms with Crippen LogP contribution in [0, 0.1) is 11.6 Å². The zero-order valence-electron chi connectivity index (χ0n) is 16.8. The molecular formula is C22H25F2N3O2. The van der Waals surface area contributed by atoms with Crippen molar-refractivity contribution in [2.75, 3.05) is 6.54 Å². The maximum Gasteiger partial charge on any atom is 0.318 e. The maximum atomic E-state index is 14.1. The number of carbonyl (C=O) groups is 1. The summed E-state index contributed by atoms with van der Waals surface area (Å²) in [6.07, 6.45) is 0.106. The van der Waals surface area contributed by atoms with Crippen LogP contribution in [0.5, 0.6) is 0 Å². The summed E-state index contributed by atoms with van der Waals surface area (Å²) in [5.41, 5.74) is 1.46. The van der Waals surface area contributed by atoms with Crippen LogP contribution in [0.25, 0.3) is 0 Å². The van der Waals surface area contributed by atoms with Crippen molar-refractivity contribution >= 4 is 11.7 Å². The Morgan fingerprint density at radius 2 is 1.86 bits per heavy atom. The van der Waals surface area contributed by atoms with Crippen LogP contribution >= 0.6 is 0 Å². The Morgan fingerprint density at radius 1 is 1.17 bits per heavy atom. The van der Waals surface area contributed by atoms with Gasteiger partial charge in [0.05, 0.1) is 18.8 Å². The van der Waals surface area contributed by atoms with E-state index in [9.17, 15) is 13.6 Å². The molecule has 0 saturated heterocycles. The normalized spacial score (nSPS) is 16.2. The number of rotatable bonds is 5. The predicted molar refractivity (Wildman–Crippen MR) is 108 cm³/mol. The van der Waals surface area contributed by atoms with E-state index in [4.69, 9.17) is 4.84 Å². The average molecular weight is 401 g/mol. The Balaban J connectivity index is 1.71. The van der Waals surface area contributed by atoms with Crippen molar-refractivity contribution in [3.63, 3.8) is 0 Å². The molecule has 1 N–H and O–H groups in total. The standard InChI is InChI=1S/C22H25F2N3O2/c1-22(2,3)25-21(28)27(13-16-6-4-5-7-19(16)24)14-18-12-20(26-29-18)15-8-10-17(23)11-9-15/h4-11,18H,12-14H2,1-3H3,(H,25,28)/t18-/m1/s1. The third-order valence-corrected chi connectivity index (χ3v) is 4.42. The summed E-state index contributed by atoms with van der Waals surface area (Å²) in [7, 11) is 0. The zero-order chi connectivity index (χ0) is 21.0. The van der Waals surface area contributed by atoms with Crippen LogP contribution in [-0.2, 0) is 11.4 Å². The SMILES string of the molecule is CC(C)(C)NC(=O)N(Cc1ccccc1F)C[C@H]1CC(c2ccc(F)cc2)=NO1. The fourth-order valence-corrected chi connectivity index (χ4v) is 3.04. The first-order valence-corrected chi connectivity index (χ1v) is 9.50. The number of benzene rings is 2. The summed E-state index contributed by atoms with van der Waals surface area (Å²) in [5, 5.41) is 7.00. The van der Waals surface area contributed by atoms with Gasteiger partial charge in [0.1, 0.15) is 11.6 Å². The van der Waals surface area contributed by atoms with Crippen molar-refractivity contribution in [2.45, 2.75) is 45.4 Å². The van der Waals surface area contributed by atoms with E-state index in [0.29, 0.717) is 17.7 Å².